The van der Waals surface area contributed by atoms with Gasteiger partial charge >= 0.3 is 0 Å². The van der Waals surface area contributed by atoms with Crippen LogP contribution in [0, 0.1) is 22.5 Å². The molecule has 0 bridgehead atoms. The number of amides is 1. The van der Waals surface area contributed by atoms with E-state index in [1.807, 2.05) is 53.5 Å². The molecule has 0 aliphatic heterocycles. The highest BCUT2D eigenvalue weighted by molar-refractivity contribution is 5.99. The molecular formula is C25H32F2N4O. The minimum absolute atomic E-state index is 0.242. The maximum absolute atomic E-state index is 13.5. The van der Waals surface area contributed by atoms with E-state index in [4.69, 9.17) is 5.41 Å². The molecule has 1 amide bonds. The van der Waals surface area contributed by atoms with Gasteiger partial charge in [-0.1, -0.05) is 26.8 Å². The third-order valence-corrected chi connectivity index (χ3v) is 4.97. The van der Waals surface area contributed by atoms with Gasteiger partial charge in [0, 0.05) is 52.8 Å². The van der Waals surface area contributed by atoms with Crippen LogP contribution in [0.1, 0.15) is 51.9 Å². The summed E-state index contributed by atoms with van der Waals surface area (Å²) in [5.74, 6) is -1.23. The van der Waals surface area contributed by atoms with E-state index < -0.39 is 11.6 Å². The van der Waals surface area contributed by atoms with Gasteiger partial charge in [-0.15, -0.1) is 0 Å². The number of hydrogen-bond donors (Lipinski definition) is 3. The quantitative estimate of drug-likeness (QED) is 0.475. The zero-order valence-corrected chi connectivity index (χ0v) is 19.7. The number of benzene rings is 2. The van der Waals surface area contributed by atoms with Gasteiger partial charge in [0.1, 0.15) is 17.5 Å². The zero-order chi connectivity index (χ0) is 24.3. The Morgan fingerprint density at radius 3 is 2.09 bits per heavy atom. The first-order valence-electron chi connectivity index (χ1n) is 10.4. The fraction of sp³-hybridized carbons (Fsp3) is 0.360. The lowest BCUT2D eigenvalue weighted by Gasteiger charge is -2.36. The molecule has 0 saturated carbocycles. The molecule has 0 aliphatic rings. The van der Waals surface area contributed by atoms with E-state index in [9.17, 15) is 13.6 Å². The molecule has 0 aromatic heterocycles. The van der Waals surface area contributed by atoms with Crippen molar-refractivity contribution in [2.45, 2.75) is 47.1 Å². The van der Waals surface area contributed by atoms with Crippen LogP contribution in [0.3, 0.4) is 0 Å². The normalized spacial score (nSPS) is 12.3. The Bertz CT molecular complexity index is 1010. The monoisotopic (exact) mass is 442 g/mol. The third-order valence-electron chi connectivity index (χ3n) is 4.97. The van der Waals surface area contributed by atoms with Crippen LogP contribution in [-0.2, 0) is 0 Å². The Hall–Kier alpha value is -3.22. The summed E-state index contributed by atoms with van der Waals surface area (Å²) in [4.78, 5) is 14.9. The van der Waals surface area contributed by atoms with E-state index in [2.05, 4.69) is 10.6 Å². The molecule has 0 spiro atoms. The minimum Gasteiger partial charge on any atom is -0.356 e. The molecule has 0 radical (unpaired) electrons. The molecule has 32 heavy (non-hydrogen) atoms. The van der Waals surface area contributed by atoms with Crippen LogP contribution in [0.5, 0.6) is 0 Å². The van der Waals surface area contributed by atoms with Gasteiger partial charge in [-0.2, -0.15) is 0 Å². The van der Waals surface area contributed by atoms with Crippen LogP contribution in [0.2, 0.25) is 0 Å². The Morgan fingerprint density at radius 2 is 1.56 bits per heavy atom. The Kier molecular flexibility index (Phi) is 7.44. The summed E-state index contributed by atoms with van der Waals surface area (Å²) in [5, 5.41) is 14.2. The fourth-order valence-electron chi connectivity index (χ4n) is 2.65. The highest BCUT2D eigenvalue weighted by atomic mass is 19.1. The van der Waals surface area contributed by atoms with E-state index in [0.717, 1.165) is 6.07 Å². The Labute approximate surface area is 189 Å². The second-order valence-electron chi connectivity index (χ2n) is 9.74. The average molecular weight is 443 g/mol. The molecule has 0 aliphatic carbocycles. The molecule has 2 aromatic rings. The van der Waals surface area contributed by atoms with Crippen LogP contribution in [0.15, 0.2) is 54.4 Å². The topological polar surface area (TPSA) is 68.2 Å². The number of nitrogens with zero attached hydrogens (tertiary/aromatic N) is 1. The SMILES string of the molecule is CN(/C(=C\C(=N)C(C)(C)C)NC(=O)c1cccc(Nc2cc(F)cc(F)c2)c1)C(C)(C)C. The van der Waals surface area contributed by atoms with E-state index in [0.29, 0.717) is 22.8 Å². The van der Waals surface area contributed by atoms with Crippen molar-refractivity contribution >= 4 is 23.0 Å². The summed E-state index contributed by atoms with van der Waals surface area (Å²) in [6, 6.07) is 9.77. The summed E-state index contributed by atoms with van der Waals surface area (Å²) in [6.07, 6.45) is 1.67. The number of rotatable bonds is 6. The molecule has 0 atom stereocenters. The number of carbonyl (C=O) groups is 1. The molecular weight excluding hydrogens is 410 g/mol. The third kappa shape index (κ3) is 6.90. The predicted molar refractivity (Wildman–Crippen MR) is 126 cm³/mol. The van der Waals surface area contributed by atoms with Crippen LogP contribution < -0.4 is 10.6 Å². The number of carbonyl (C=O) groups excluding carboxylic acids is 1. The average Bonchev–Trinajstić information content (AvgIpc) is 2.64. The molecule has 5 nitrogen and oxygen atoms in total. The lowest BCUT2D eigenvalue weighted by Crippen LogP contribution is -2.44. The number of allylic oxidation sites excluding steroid dienone is 1. The smallest absolute Gasteiger partial charge is 0.256 e. The maximum Gasteiger partial charge on any atom is 0.256 e. The molecule has 0 heterocycles. The van der Waals surface area contributed by atoms with E-state index >= 15 is 0 Å². The van der Waals surface area contributed by atoms with E-state index in [1.165, 1.54) is 12.1 Å². The summed E-state index contributed by atoms with van der Waals surface area (Å²) in [6.45, 7) is 11.8. The van der Waals surface area contributed by atoms with Gasteiger partial charge in [-0.25, -0.2) is 8.78 Å². The van der Waals surface area contributed by atoms with Gasteiger partial charge in [0.25, 0.3) is 5.91 Å². The van der Waals surface area contributed by atoms with Gasteiger partial charge in [0.2, 0.25) is 0 Å². The van der Waals surface area contributed by atoms with Gasteiger partial charge in [-0.3, -0.25) is 4.79 Å². The number of anilines is 2. The molecule has 7 heteroatoms. The van der Waals surface area contributed by atoms with Crippen molar-refractivity contribution < 1.29 is 13.6 Å². The maximum atomic E-state index is 13.5. The molecule has 2 rings (SSSR count). The summed E-state index contributed by atoms with van der Waals surface area (Å²) in [5.41, 5.74) is 0.835. The molecule has 0 unspecified atom stereocenters. The van der Waals surface area contributed by atoms with Crippen molar-refractivity contribution in [2.24, 2.45) is 5.41 Å². The van der Waals surface area contributed by atoms with E-state index in [-0.39, 0.29) is 22.5 Å². The Morgan fingerprint density at radius 1 is 0.969 bits per heavy atom. The van der Waals surface area contributed by atoms with Gasteiger partial charge in [0.05, 0.1) is 0 Å². The van der Waals surface area contributed by atoms with Crippen molar-refractivity contribution in [2.75, 3.05) is 12.4 Å². The molecule has 0 fully saturated rings. The number of hydrogen-bond acceptors (Lipinski definition) is 4. The van der Waals surface area contributed by atoms with Crippen LogP contribution in [0.4, 0.5) is 20.2 Å². The van der Waals surface area contributed by atoms with Crippen molar-refractivity contribution in [3.05, 3.63) is 71.6 Å². The van der Waals surface area contributed by atoms with E-state index in [1.54, 1.807) is 30.3 Å². The predicted octanol–water partition coefficient (Wildman–Crippen LogP) is 6.08. The highest BCUT2D eigenvalue weighted by Gasteiger charge is 2.24. The summed E-state index contributed by atoms with van der Waals surface area (Å²) < 4.78 is 26.9. The first-order valence-corrected chi connectivity index (χ1v) is 10.4. The molecule has 2 aromatic carbocycles. The van der Waals surface area contributed by atoms with Crippen molar-refractivity contribution in [1.29, 1.82) is 5.41 Å². The van der Waals surface area contributed by atoms with Gasteiger partial charge < -0.3 is 20.9 Å². The van der Waals surface area contributed by atoms with Crippen LogP contribution in [-0.4, -0.2) is 29.1 Å². The Balaban J connectivity index is 2.30. The lowest BCUT2D eigenvalue weighted by molar-refractivity contribution is 0.0940. The second-order valence-corrected chi connectivity index (χ2v) is 9.74. The first-order chi connectivity index (χ1) is 14.7. The molecule has 0 saturated heterocycles. The summed E-state index contributed by atoms with van der Waals surface area (Å²) in [7, 11) is 1.86. The van der Waals surface area contributed by atoms with Crippen LogP contribution in [0.25, 0.3) is 0 Å². The highest BCUT2D eigenvalue weighted by Crippen LogP contribution is 2.22. The number of halogens is 2. The standard InChI is InChI=1S/C25H32F2N4O/c1-24(2,3)21(28)15-22(31(7)25(4,5)6)30-23(32)16-9-8-10-19(11-16)29-20-13-17(26)12-18(27)14-20/h8-15,28-29H,1-7H3,(H,30,32)/b22-15-,28-21?. The fourth-order valence-corrected chi connectivity index (χ4v) is 2.65. The molecule has 3 N–H and O–H groups in total. The number of nitrogens with one attached hydrogen (secondary N) is 3. The first kappa shape index (κ1) is 25.0. The zero-order valence-electron chi connectivity index (χ0n) is 19.7. The summed E-state index contributed by atoms with van der Waals surface area (Å²) >= 11 is 0. The van der Waals surface area contributed by atoms with Crippen LogP contribution >= 0.6 is 0 Å². The second kappa shape index (κ2) is 9.51. The largest absolute Gasteiger partial charge is 0.356 e. The van der Waals surface area contributed by atoms with Crippen molar-refractivity contribution in [3.63, 3.8) is 0 Å². The van der Waals surface area contributed by atoms with Crippen molar-refractivity contribution in [3.8, 4) is 0 Å². The molecule has 172 valence electrons. The van der Waals surface area contributed by atoms with Gasteiger partial charge in [-0.05, 0) is 51.1 Å². The van der Waals surface area contributed by atoms with Gasteiger partial charge in [0.15, 0.2) is 0 Å². The lowest BCUT2D eigenvalue weighted by atomic mass is 9.89. The minimum atomic E-state index is -0.692. The van der Waals surface area contributed by atoms with Crippen molar-refractivity contribution in [1.82, 2.24) is 10.2 Å².